The third-order valence-corrected chi connectivity index (χ3v) is 4.49. The Labute approximate surface area is 157 Å². The van der Waals surface area contributed by atoms with E-state index in [0.29, 0.717) is 18.7 Å². The van der Waals surface area contributed by atoms with Crippen molar-refractivity contribution in [2.75, 3.05) is 18.8 Å². The number of hydrogen-bond acceptors (Lipinski definition) is 4. The van der Waals surface area contributed by atoms with Gasteiger partial charge in [0.15, 0.2) is 5.12 Å². The van der Waals surface area contributed by atoms with E-state index in [2.05, 4.69) is 38.0 Å². The lowest BCUT2D eigenvalue weighted by molar-refractivity contribution is -0.120. The number of carbonyl (C=O) groups excluding carboxylic acids is 2. The molecule has 0 rings (SSSR count). The molecule has 0 aromatic carbocycles. The van der Waals surface area contributed by atoms with Crippen LogP contribution in [0.4, 0.5) is 0 Å². The standard InChI is InChI=1S/C20H34N2O2S/c1-6-10-16(3)20(17(4)11-7-2)22-14-9-8-13-21-19(24)12-15-25-18(5)23/h6,10,22H,1,7-9,11-15H2,2-5H3,(H,21,24)/b16-10+,20-17-. The highest BCUT2D eigenvalue weighted by Crippen LogP contribution is 2.16. The van der Waals surface area contributed by atoms with Gasteiger partial charge in [-0.1, -0.05) is 43.8 Å². The minimum atomic E-state index is 0.0193. The van der Waals surface area contributed by atoms with Gasteiger partial charge < -0.3 is 10.6 Å². The number of amides is 1. The first kappa shape index (κ1) is 23.5. The smallest absolute Gasteiger partial charge is 0.220 e. The molecular formula is C20H34N2O2S. The number of hydrogen-bond donors (Lipinski definition) is 2. The van der Waals surface area contributed by atoms with E-state index in [1.54, 1.807) is 0 Å². The average Bonchev–Trinajstić information content (AvgIpc) is 2.54. The van der Waals surface area contributed by atoms with Crippen LogP contribution in [0.15, 0.2) is 35.6 Å². The molecule has 0 atom stereocenters. The number of allylic oxidation sites excluding steroid dienone is 4. The molecule has 142 valence electrons. The second-order valence-electron chi connectivity index (χ2n) is 6.06. The third kappa shape index (κ3) is 12.5. The van der Waals surface area contributed by atoms with Gasteiger partial charge in [0.05, 0.1) is 0 Å². The van der Waals surface area contributed by atoms with E-state index >= 15 is 0 Å². The number of carbonyl (C=O) groups is 2. The summed E-state index contributed by atoms with van der Waals surface area (Å²) >= 11 is 1.20. The molecular weight excluding hydrogens is 332 g/mol. The first-order chi connectivity index (χ1) is 11.9. The summed E-state index contributed by atoms with van der Waals surface area (Å²) in [5.41, 5.74) is 3.79. The van der Waals surface area contributed by atoms with Crippen molar-refractivity contribution in [2.45, 2.75) is 59.8 Å². The summed E-state index contributed by atoms with van der Waals surface area (Å²) in [5, 5.41) is 6.49. The molecule has 0 heterocycles. The zero-order valence-electron chi connectivity index (χ0n) is 16.2. The molecule has 0 saturated heterocycles. The largest absolute Gasteiger partial charge is 0.385 e. The van der Waals surface area contributed by atoms with Crippen molar-refractivity contribution in [1.29, 1.82) is 0 Å². The van der Waals surface area contributed by atoms with Gasteiger partial charge in [0, 0.05) is 37.9 Å². The SMILES string of the molecule is C=C/C=C(C)/C(NCCCCNC(=O)CCSC(C)=O)=C(\C)CCC. The molecule has 0 spiro atoms. The highest BCUT2D eigenvalue weighted by molar-refractivity contribution is 8.13. The van der Waals surface area contributed by atoms with Crippen molar-refractivity contribution in [3.63, 3.8) is 0 Å². The lowest BCUT2D eigenvalue weighted by Crippen LogP contribution is -2.25. The highest BCUT2D eigenvalue weighted by atomic mass is 32.2. The minimum absolute atomic E-state index is 0.0193. The predicted octanol–water partition coefficient (Wildman–Crippen LogP) is 4.35. The second-order valence-corrected chi connectivity index (χ2v) is 7.34. The van der Waals surface area contributed by atoms with Gasteiger partial charge in [-0.15, -0.1) is 0 Å². The molecule has 0 fully saturated rings. The minimum Gasteiger partial charge on any atom is -0.385 e. The number of thioether (sulfide) groups is 1. The fourth-order valence-corrected chi connectivity index (χ4v) is 3.03. The van der Waals surface area contributed by atoms with Crippen LogP contribution in [0.25, 0.3) is 0 Å². The van der Waals surface area contributed by atoms with E-state index in [-0.39, 0.29) is 11.0 Å². The molecule has 0 aromatic rings. The molecule has 0 radical (unpaired) electrons. The zero-order valence-corrected chi connectivity index (χ0v) is 17.1. The summed E-state index contributed by atoms with van der Waals surface area (Å²) in [6, 6.07) is 0. The summed E-state index contributed by atoms with van der Waals surface area (Å²) in [6.45, 7) is 13.3. The topological polar surface area (TPSA) is 58.2 Å². The second kappa shape index (κ2) is 14.8. The van der Waals surface area contributed by atoms with Crippen molar-refractivity contribution < 1.29 is 9.59 Å². The van der Waals surface area contributed by atoms with Gasteiger partial charge in [-0.25, -0.2) is 0 Å². The Balaban J connectivity index is 4.09. The van der Waals surface area contributed by atoms with Crippen molar-refractivity contribution in [3.8, 4) is 0 Å². The van der Waals surface area contributed by atoms with E-state index < -0.39 is 0 Å². The van der Waals surface area contributed by atoms with Gasteiger partial charge in [0.2, 0.25) is 5.91 Å². The maximum absolute atomic E-state index is 11.6. The summed E-state index contributed by atoms with van der Waals surface area (Å²) < 4.78 is 0. The van der Waals surface area contributed by atoms with Gasteiger partial charge in [-0.3, -0.25) is 9.59 Å². The normalized spacial score (nSPS) is 12.4. The molecule has 1 amide bonds. The summed E-state index contributed by atoms with van der Waals surface area (Å²) in [7, 11) is 0. The zero-order chi connectivity index (χ0) is 19.1. The average molecular weight is 367 g/mol. The summed E-state index contributed by atoms with van der Waals surface area (Å²) in [5.74, 6) is 0.577. The lowest BCUT2D eigenvalue weighted by Gasteiger charge is -2.15. The van der Waals surface area contributed by atoms with Crippen molar-refractivity contribution in [2.24, 2.45) is 0 Å². The van der Waals surface area contributed by atoms with Crippen LogP contribution in [-0.4, -0.2) is 29.9 Å². The van der Waals surface area contributed by atoms with E-state index in [1.165, 1.54) is 35.5 Å². The quantitative estimate of drug-likeness (QED) is 0.376. The van der Waals surface area contributed by atoms with Crippen LogP contribution >= 0.6 is 11.8 Å². The van der Waals surface area contributed by atoms with Crippen molar-refractivity contribution in [3.05, 3.63) is 35.6 Å². The van der Waals surface area contributed by atoms with Gasteiger partial charge in [0.25, 0.3) is 0 Å². The Morgan fingerprint density at radius 2 is 1.68 bits per heavy atom. The molecule has 0 aromatic heterocycles. The molecule has 0 saturated carbocycles. The van der Waals surface area contributed by atoms with Gasteiger partial charge >= 0.3 is 0 Å². The number of unbranched alkanes of at least 4 members (excludes halogenated alkanes) is 1. The number of rotatable bonds is 13. The monoisotopic (exact) mass is 366 g/mol. The third-order valence-electron chi connectivity index (χ3n) is 3.68. The maximum Gasteiger partial charge on any atom is 0.220 e. The van der Waals surface area contributed by atoms with Crippen LogP contribution in [0.1, 0.15) is 59.8 Å². The Morgan fingerprint density at radius 3 is 2.24 bits per heavy atom. The molecule has 0 aliphatic rings. The molecule has 0 aliphatic heterocycles. The van der Waals surface area contributed by atoms with Gasteiger partial charge in [-0.2, -0.15) is 0 Å². The van der Waals surface area contributed by atoms with Crippen LogP contribution < -0.4 is 10.6 Å². The van der Waals surface area contributed by atoms with Crippen LogP contribution in [0.5, 0.6) is 0 Å². The Kier molecular flexibility index (Phi) is 13.9. The van der Waals surface area contributed by atoms with E-state index in [4.69, 9.17) is 0 Å². The summed E-state index contributed by atoms with van der Waals surface area (Å²) in [4.78, 5) is 22.4. The van der Waals surface area contributed by atoms with E-state index in [9.17, 15) is 9.59 Å². The molecule has 25 heavy (non-hydrogen) atoms. The first-order valence-electron chi connectivity index (χ1n) is 9.05. The lowest BCUT2D eigenvalue weighted by atomic mass is 10.0. The van der Waals surface area contributed by atoms with Crippen LogP contribution in [0.2, 0.25) is 0 Å². The van der Waals surface area contributed by atoms with Gasteiger partial charge in [0.1, 0.15) is 0 Å². The van der Waals surface area contributed by atoms with Crippen LogP contribution in [0, 0.1) is 0 Å². The molecule has 0 bridgehead atoms. The Hall–Kier alpha value is -1.49. The maximum atomic E-state index is 11.6. The fraction of sp³-hybridized carbons (Fsp3) is 0.600. The van der Waals surface area contributed by atoms with Crippen LogP contribution in [0.3, 0.4) is 0 Å². The Bertz CT molecular complexity index is 496. The Morgan fingerprint density at radius 1 is 1.04 bits per heavy atom. The molecule has 0 aliphatic carbocycles. The highest BCUT2D eigenvalue weighted by Gasteiger charge is 2.05. The molecule has 5 heteroatoms. The van der Waals surface area contributed by atoms with Crippen molar-refractivity contribution in [1.82, 2.24) is 10.6 Å². The molecule has 2 N–H and O–H groups in total. The predicted molar refractivity (Wildman–Crippen MR) is 110 cm³/mol. The molecule has 0 unspecified atom stereocenters. The fourth-order valence-electron chi connectivity index (χ4n) is 2.45. The van der Waals surface area contributed by atoms with E-state index in [1.807, 2.05) is 12.2 Å². The molecule has 4 nitrogen and oxygen atoms in total. The number of nitrogens with one attached hydrogen (secondary N) is 2. The van der Waals surface area contributed by atoms with Crippen molar-refractivity contribution >= 4 is 22.8 Å². The first-order valence-corrected chi connectivity index (χ1v) is 10.0. The van der Waals surface area contributed by atoms with Gasteiger partial charge in [-0.05, 0) is 44.3 Å². The van der Waals surface area contributed by atoms with E-state index in [0.717, 1.165) is 32.2 Å². The summed E-state index contributed by atoms with van der Waals surface area (Å²) in [6.07, 6.45) is 8.38. The van der Waals surface area contributed by atoms with Crippen LogP contribution in [-0.2, 0) is 9.59 Å².